The van der Waals surface area contributed by atoms with Gasteiger partial charge in [-0.15, -0.1) is 0 Å². The molecule has 0 amide bonds. The Morgan fingerprint density at radius 3 is 2.53 bits per heavy atom. The largest absolute Gasteiger partial charge is 0.480 e. The fraction of sp³-hybridized carbons (Fsp3) is 0.417. The molecule has 106 valence electrons. The van der Waals surface area contributed by atoms with Gasteiger partial charge in [-0.05, 0) is 31.5 Å². The van der Waals surface area contributed by atoms with Crippen molar-refractivity contribution >= 4 is 27.6 Å². The molecule has 7 heteroatoms. The predicted octanol–water partition coefficient (Wildman–Crippen LogP) is 2.13. The zero-order valence-electron chi connectivity index (χ0n) is 10.9. The molecule has 0 saturated carbocycles. The molecule has 1 rings (SSSR count). The van der Waals surface area contributed by atoms with Crippen molar-refractivity contribution in [1.29, 1.82) is 0 Å². The maximum Gasteiger partial charge on any atom is 0.321 e. The van der Waals surface area contributed by atoms with E-state index in [1.165, 1.54) is 19.1 Å². The SMILES string of the molecule is CCN(C(C)C(=O)O)S(=O)(=O)c1cc(C)ccc1Cl. The van der Waals surface area contributed by atoms with E-state index in [9.17, 15) is 13.2 Å². The monoisotopic (exact) mass is 305 g/mol. The number of carboxylic acid groups (broad SMARTS) is 1. The van der Waals surface area contributed by atoms with E-state index in [-0.39, 0.29) is 16.5 Å². The van der Waals surface area contributed by atoms with Gasteiger partial charge in [0.1, 0.15) is 10.9 Å². The number of carbonyl (C=O) groups is 1. The molecule has 0 aliphatic carbocycles. The molecule has 1 aromatic carbocycles. The molecular formula is C12H16ClNO4S. The van der Waals surface area contributed by atoms with Crippen molar-refractivity contribution in [3.05, 3.63) is 28.8 Å². The molecule has 0 aliphatic heterocycles. The summed E-state index contributed by atoms with van der Waals surface area (Å²) in [5, 5.41) is 9.06. The van der Waals surface area contributed by atoms with Gasteiger partial charge in [-0.25, -0.2) is 8.42 Å². The molecule has 19 heavy (non-hydrogen) atoms. The van der Waals surface area contributed by atoms with Crippen LogP contribution >= 0.6 is 11.6 Å². The van der Waals surface area contributed by atoms with E-state index in [0.717, 1.165) is 9.87 Å². The molecule has 1 N–H and O–H groups in total. The summed E-state index contributed by atoms with van der Waals surface area (Å²) >= 11 is 5.91. The lowest BCUT2D eigenvalue weighted by Gasteiger charge is -2.24. The zero-order chi connectivity index (χ0) is 14.8. The average molecular weight is 306 g/mol. The summed E-state index contributed by atoms with van der Waals surface area (Å²) in [5.74, 6) is -1.20. The van der Waals surface area contributed by atoms with Gasteiger partial charge in [-0.2, -0.15) is 4.31 Å². The van der Waals surface area contributed by atoms with Crippen molar-refractivity contribution in [3.8, 4) is 0 Å². The third-order valence-corrected chi connectivity index (χ3v) is 5.30. The number of halogens is 1. The molecule has 0 aromatic heterocycles. The first-order chi connectivity index (χ1) is 8.71. The van der Waals surface area contributed by atoms with Crippen LogP contribution in [-0.4, -0.2) is 36.4 Å². The number of aryl methyl sites for hydroxylation is 1. The summed E-state index contributed by atoms with van der Waals surface area (Å²) in [6.07, 6.45) is 0. The molecule has 1 unspecified atom stereocenters. The fourth-order valence-corrected chi connectivity index (χ4v) is 3.87. The topological polar surface area (TPSA) is 74.7 Å². The van der Waals surface area contributed by atoms with Gasteiger partial charge in [-0.3, -0.25) is 4.79 Å². The van der Waals surface area contributed by atoms with Crippen molar-refractivity contribution in [1.82, 2.24) is 4.31 Å². The maximum atomic E-state index is 12.5. The number of carboxylic acids is 1. The highest BCUT2D eigenvalue weighted by Gasteiger charge is 2.32. The van der Waals surface area contributed by atoms with Crippen LogP contribution in [0.5, 0.6) is 0 Å². The lowest BCUT2D eigenvalue weighted by molar-refractivity contribution is -0.140. The molecular weight excluding hydrogens is 290 g/mol. The second-order valence-corrected chi connectivity index (χ2v) is 6.42. The molecule has 5 nitrogen and oxygen atoms in total. The second-order valence-electron chi connectivity index (χ2n) is 4.16. The Balaban J connectivity index is 3.36. The lowest BCUT2D eigenvalue weighted by Crippen LogP contribution is -2.43. The van der Waals surface area contributed by atoms with Gasteiger partial charge in [0.2, 0.25) is 10.0 Å². The summed E-state index contributed by atoms with van der Waals surface area (Å²) in [4.78, 5) is 10.9. The first-order valence-corrected chi connectivity index (χ1v) is 7.54. The van der Waals surface area contributed by atoms with Crippen LogP contribution in [0.25, 0.3) is 0 Å². The number of sulfonamides is 1. The summed E-state index contributed by atoms with van der Waals surface area (Å²) in [5.41, 5.74) is 0.738. The minimum atomic E-state index is -3.93. The van der Waals surface area contributed by atoms with E-state index in [2.05, 4.69) is 0 Å². The highest BCUT2D eigenvalue weighted by Crippen LogP contribution is 2.26. The van der Waals surface area contributed by atoms with E-state index in [4.69, 9.17) is 16.7 Å². The normalized spacial score (nSPS) is 13.5. The molecule has 1 aromatic rings. The highest BCUT2D eigenvalue weighted by molar-refractivity contribution is 7.89. The summed E-state index contributed by atoms with van der Waals surface area (Å²) in [6.45, 7) is 4.71. The molecule has 1 atom stereocenters. The molecule has 0 aliphatic rings. The third kappa shape index (κ3) is 3.26. The Labute approximate surface area is 117 Å². The number of hydrogen-bond acceptors (Lipinski definition) is 3. The average Bonchev–Trinajstić information content (AvgIpc) is 2.32. The van der Waals surface area contributed by atoms with Crippen LogP contribution in [0.15, 0.2) is 23.1 Å². The van der Waals surface area contributed by atoms with Gasteiger partial charge in [-0.1, -0.05) is 24.6 Å². The third-order valence-electron chi connectivity index (χ3n) is 2.77. The van der Waals surface area contributed by atoms with E-state index in [1.807, 2.05) is 0 Å². The Hall–Kier alpha value is -1.11. The highest BCUT2D eigenvalue weighted by atomic mass is 35.5. The minimum absolute atomic E-state index is 0.0556. The lowest BCUT2D eigenvalue weighted by atomic mass is 10.2. The Morgan fingerprint density at radius 1 is 1.47 bits per heavy atom. The Morgan fingerprint density at radius 2 is 2.05 bits per heavy atom. The molecule has 0 bridgehead atoms. The number of rotatable bonds is 5. The summed E-state index contributed by atoms with van der Waals surface area (Å²) in [6, 6.07) is 3.47. The first kappa shape index (κ1) is 15.9. The number of aliphatic carboxylic acids is 1. The van der Waals surface area contributed by atoms with Crippen molar-refractivity contribution < 1.29 is 18.3 Å². The Kier molecular flexibility index (Phi) is 4.95. The number of likely N-dealkylation sites (N-methyl/N-ethyl adjacent to an activating group) is 1. The molecule has 0 saturated heterocycles. The number of hydrogen-bond donors (Lipinski definition) is 1. The standard InChI is InChI=1S/C12H16ClNO4S/c1-4-14(9(3)12(15)16)19(17,18)11-7-8(2)5-6-10(11)13/h5-7,9H,4H2,1-3H3,(H,15,16). The Bertz CT molecular complexity index is 585. The van der Waals surface area contributed by atoms with Gasteiger partial charge in [0.25, 0.3) is 0 Å². The van der Waals surface area contributed by atoms with Crippen LogP contribution in [-0.2, 0) is 14.8 Å². The predicted molar refractivity (Wildman–Crippen MR) is 72.9 cm³/mol. The molecule has 0 spiro atoms. The number of nitrogens with zero attached hydrogens (tertiary/aromatic N) is 1. The maximum absolute atomic E-state index is 12.5. The summed E-state index contributed by atoms with van der Waals surface area (Å²) < 4.78 is 25.8. The van der Waals surface area contributed by atoms with Crippen molar-refractivity contribution in [2.45, 2.75) is 31.7 Å². The van der Waals surface area contributed by atoms with E-state index in [1.54, 1.807) is 19.9 Å². The van der Waals surface area contributed by atoms with Gasteiger partial charge in [0, 0.05) is 6.54 Å². The van der Waals surface area contributed by atoms with Crippen molar-refractivity contribution in [2.75, 3.05) is 6.54 Å². The zero-order valence-corrected chi connectivity index (χ0v) is 12.5. The van der Waals surface area contributed by atoms with Gasteiger partial charge in [0.15, 0.2) is 0 Å². The van der Waals surface area contributed by atoms with Crippen LogP contribution in [0, 0.1) is 6.92 Å². The van der Waals surface area contributed by atoms with E-state index in [0.29, 0.717) is 0 Å². The second kappa shape index (κ2) is 5.90. The molecule has 0 fully saturated rings. The quantitative estimate of drug-likeness (QED) is 0.904. The molecule has 0 heterocycles. The van der Waals surface area contributed by atoms with Gasteiger partial charge in [0.05, 0.1) is 5.02 Å². The van der Waals surface area contributed by atoms with E-state index < -0.39 is 22.0 Å². The smallest absolute Gasteiger partial charge is 0.321 e. The van der Waals surface area contributed by atoms with Crippen LogP contribution in [0.3, 0.4) is 0 Å². The van der Waals surface area contributed by atoms with Crippen molar-refractivity contribution in [2.24, 2.45) is 0 Å². The number of benzene rings is 1. The van der Waals surface area contributed by atoms with Crippen LogP contribution in [0.2, 0.25) is 5.02 Å². The van der Waals surface area contributed by atoms with Gasteiger partial charge >= 0.3 is 5.97 Å². The fourth-order valence-electron chi connectivity index (χ4n) is 1.71. The van der Waals surface area contributed by atoms with Gasteiger partial charge < -0.3 is 5.11 Å². The minimum Gasteiger partial charge on any atom is -0.480 e. The molecule has 0 radical (unpaired) electrons. The van der Waals surface area contributed by atoms with E-state index >= 15 is 0 Å². The summed E-state index contributed by atoms with van der Waals surface area (Å²) in [7, 11) is -3.93. The van der Waals surface area contributed by atoms with Crippen molar-refractivity contribution in [3.63, 3.8) is 0 Å². The van der Waals surface area contributed by atoms with Crippen LogP contribution < -0.4 is 0 Å². The van der Waals surface area contributed by atoms with Crippen LogP contribution in [0.4, 0.5) is 0 Å². The first-order valence-electron chi connectivity index (χ1n) is 5.72. The van der Waals surface area contributed by atoms with Crippen LogP contribution in [0.1, 0.15) is 19.4 Å².